The van der Waals surface area contributed by atoms with Gasteiger partial charge in [-0.05, 0) is 18.8 Å². The molecule has 3 heterocycles. The molecule has 1 amide bonds. The van der Waals surface area contributed by atoms with Crippen molar-refractivity contribution in [2.45, 2.75) is 51.6 Å². The number of carbonyl (C=O) groups is 1. The Kier molecular flexibility index (Phi) is 8.19. The summed E-state index contributed by atoms with van der Waals surface area (Å²) >= 11 is 0. The summed E-state index contributed by atoms with van der Waals surface area (Å²) in [7, 11) is 2.08. The molecule has 6 nitrogen and oxygen atoms in total. The van der Waals surface area contributed by atoms with Crippen LogP contribution in [0.2, 0.25) is 0 Å². The number of fused-ring (bicyclic) bond motifs is 1. The van der Waals surface area contributed by atoms with Crippen molar-refractivity contribution < 1.29 is 9.53 Å². The molecular weight excluding hydrogens is 363 g/mol. The lowest BCUT2D eigenvalue weighted by molar-refractivity contribution is -0.135. The highest BCUT2D eigenvalue weighted by Crippen LogP contribution is 2.25. The van der Waals surface area contributed by atoms with Gasteiger partial charge in [0.1, 0.15) is 5.82 Å². The number of amides is 1. The van der Waals surface area contributed by atoms with Crippen molar-refractivity contribution in [2.75, 3.05) is 19.8 Å². The molecule has 0 aromatic carbocycles. The number of hydrogen-bond acceptors (Lipinski definition) is 4. The number of halogens is 2. The molecule has 25 heavy (non-hydrogen) atoms. The van der Waals surface area contributed by atoms with Crippen LogP contribution in [0.25, 0.3) is 0 Å². The van der Waals surface area contributed by atoms with E-state index in [1.54, 1.807) is 0 Å². The summed E-state index contributed by atoms with van der Waals surface area (Å²) in [6.07, 6.45) is 2.62. The quantitative estimate of drug-likeness (QED) is 0.853. The lowest BCUT2D eigenvalue weighted by Crippen LogP contribution is -2.50. The fourth-order valence-corrected chi connectivity index (χ4v) is 3.74. The number of imidazole rings is 1. The van der Waals surface area contributed by atoms with E-state index >= 15 is 0 Å². The zero-order chi connectivity index (χ0) is 16.6. The fraction of sp³-hybridized carbons (Fsp3) is 0.765. The van der Waals surface area contributed by atoms with Gasteiger partial charge in [0.25, 0.3) is 0 Å². The average molecular weight is 393 g/mol. The van der Waals surface area contributed by atoms with Crippen LogP contribution >= 0.6 is 24.8 Å². The second-order valence-corrected chi connectivity index (χ2v) is 7.06. The van der Waals surface area contributed by atoms with Crippen molar-refractivity contribution in [1.29, 1.82) is 0 Å². The third kappa shape index (κ3) is 4.48. The highest BCUT2D eigenvalue weighted by molar-refractivity contribution is 5.85. The van der Waals surface area contributed by atoms with Gasteiger partial charge in [0.15, 0.2) is 0 Å². The van der Waals surface area contributed by atoms with Gasteiger partial charge in [0.05, 0.1) is 18.3 Å². The molecule has 0 saturated carbocycles. The molecule has 144 valence electrons. The van der Waals surface area contributed by atoms with Crippen molar-refractivity contribution in [2.24, 2.45) is 18.7 Å². The largest absolute Gasteiger partial charge is 0.381 e. The molecule has 1 unspecified atom stereocenters. The number of carbonyl (C=O) groups excluding carboxylic acids is 1. The molecule has 0 aliphatic carbocycles. The van der Waals surface area contributed by atoms with Crippen molar-refractivity contribution >= 4 is 30.7 Å². The van der Waals surface area contributed by atoms with E-state index in [1.807, 2.05) is 4.90 Å². The molecule has 1 aromatic rings. The summed E-state index contributed by atoms with van der Waals surface area (Å²) in [5, 5.41) is 0. The van der Waals surface area contributed by atoms with Gasteiger partial charge >= 0.3 is 0 Å². The predicted molar refractivity (Wildman–Crippen MR) is 102 cm³/mol. The molecule has 1 atom stereocenters. The maximum Gasteiger partial charge on any atom is 0.240 e. The first-order valence-electron chi connectivity index (χ1n) is 8.65. The first-order chi connectivity index (χ1) is 11.0. The molecule has 2 aliphatic rings. The van der Waals surface area contributed by atoms with E-state index in [9.17, 15) is 4.79 Å². The summed E-state index contributed by atoms with van der Waals surface area (Å²) in [5.74, 6) is 1.80. The first kappa shape index (κ1) is 22.2. The van der Waals surface area contributed by atoms with Gasteiger partial charge in [0, 0.05) is 44.8 Å². The predicted octanol–water partition coefficient (Wildman–Crippen LogP) is 2.03. The number of nitrogens with zero attached hydrogens (tertiary/aromatic N) is 3. The Morgan fingerprint density at radius 3 is 2.52 bits per heavy atom. The normalized spacial score (nSPS) is 19.0. The van der Waals surface area contributed by atoms with Crippen LogP contribution in [0.5, 0.6) is 0 Å². The van der Waals surface area contributed by atoms with Gasteiger partial charge in [0.2, 0.25) is 5.91 Å². The summed E-state index contributed by atoms with van der Waals surface area (Å²) in [6.45, 7) is 7.06. The molecule has 0 spiro atoms. The van der Waals surface area contributed by atoms with Gasteiger partial charge < -0.3 is 19.9 Å². The van der Waals surface area contributed by atoms with Crippen molar-refractivity contribution in [3.8, 4) is 0 Å². The fourth-order valence-electron chi connectivity index (χ4n) is 3.74. The summed E-state index contributed by atoms with van der Waals surface area (Å²) in [4.78, 5) is 19.4. The van der Waals surface area contributed by atoms with Crippen molar-refractivity contribution in [1.82, 2.24) is 14.5 Å². The van der Waals surface area contributed by atoms with Crippen molar-refractivity contribution in [3.63, 3.8) is 0 Å². The van der Waals surface area contributed by atoms with E-state index in [0.29, 0.717) is 25.7 Å². The van der Waals surface area contributed by atoms with Gasteiger partial charge in [-0.3, -0.25) is 4.79 Å². The summed E-state index contributed by atoms with van der Waals surface area (Å²) in [6, 6.07) is -0.409. The molecule has 2 aliphatic heterocycles. The SMILES string of the molecule is CC(C)c1nc2c(n1C)CCN(C(=O)C(N)C1CCOCC1)C2.Cl.Cl. The maximum absolute atomic E-state index is 12.8. The van der Waals surface area contributed by atoms with Gasteiger partial charge in [-0.2, -0.15) is 0 Å². The number of aromatic nitrogens is 2. The van der Waals surface area contributed by atoms with Crippen LogP contribution in [0.15, 0.2) is 0 Å². The third-order valence-electron chi connectivity index (χ3n) is 5.18. The van der Waals surface area contributed by atoms with Gasteiger partial charge in [-0.25, -0.2) is 4.98 Å². The monoisotopic (exact) mass is 392 g/mol. The van der Waals surface area contributed by atoms with Crippen molar-refractivity contribution in [3.05, 3.63) is 17.2 Å². The molecule has 0 bridgehead atoms. The van der Waals surface area contributed by atoms with Crippen LogP contribution in [0, 0.1) is 5.92 Å². The minimum absolute atomic E-state index is 0. The Labute approximate surface area is 162 Å². The summed E-state index contributed by atoms with van der Waals surface area (Å²) < 4.78 is 7.56. The van der Waals surface area contributed by atoms with Gasteiger partial charge in [-0.15, -0.1) is 24.8 Å². The molecule has 1 saturated heterocycles. The van der Waals surface area contributed by atoms with Crippen LogP contribution in [0.1, 0.15) is 49.8 Å². The molecular formula is C17H30Cl2N4O2. The Bertz CT molecular complexity index is 585. The van der Waals surface area contributed by atoms with E-state index < -0.39 is 6.04 Å². The Hall–Kier alpha value is -0.820. The second kappa shape index (κ2) is 9.21. The Morgan fingerprint density at radius 1 is 1.28 bits per heavy atom. The number of hydrogen-bond donors (Lipinski definition) is 1. The molecule has 8 heteroatoms. The first-order valence-corrected chi connectivity index (χ1v) is 8.65. The topological polar surface area (TPSA) is 73.4 Å². The zero-order valence-electron chi connectivity index (χ0n) is 15.2. The summed E-state index contributed by atoms with van der Waals surface area (Å²) in [5.41, 5.74) is 8.55. The standard InChI is InChI=1S/C17H28N4O2.2ClH/c1-11(2)16-19-13-10-21(7-4-14(13)20(16)3)17(22)15(18)12-5-8-23-9-6-12;;/h11-12,15H,4-10,18H2,1-3H3;2*1H. The minimum Gasteiger partial charge on any atom is -0.381 e. The van der Waals surface area contributed by atoms with Crippen LogP contribution in [0.3, 0.4) is 0 Å². The molecule has 1 aromatic heterocycles. The average Bonchev–Trinajstić information content (AvgIpc) is 2.91. The molecule has 0 radical (unpaired) electrons. The van der Waals surface area contributed by atoms with Crippen LogP contribution < -0.4 is 5.73 Å². The Balaban J connectivity index is 0.00000156. The van der Waals surface area contributed by atoms with E-state index in [4.69, 9.17) is 15.5 Å². The molecule has 2 N–H and O–H groups in total. The van der Waals surface area contributed by atoms with E-state index in [-0.39, 0.29) is 36.6 Å². The zero-order valence-corrected chi connectivity index (χ0v) is 16.9. The maximum atomic E-state index is 12.8. The Morgan fingerprint density at radius 2 is 1.92 bits per heavy atom. The smallest absolute Gasteiger partial charge is 0.240 e. The van der Waals surface area contributed by atoms with Crippen LogP contribution in [-0.4, -0.2) is 46.2 Å². The van der Waals surface area contributed by atoms with Crippen LogP contribution in [-0.2, 0) is 29.5 Å². The van der Waals surface area contributed by atoms with E-state index in [2.05, 4.69) is 25.5 Å². The molecule has 1 fully saturated rings. The lowest BCUT2D eigenvalue weighted by atomic mass is 9.91. The highest BCUT2D eigenvalue weighted by Gasteiger charge is 2.33. The highest BCUT2D eigenvalue weighted by atomic mass is 35.5. The minimum atomic E-state index is -0.409. The molecule has 3 rings (SSSR count). The lowest BCUT2D eigenvalue weighted by Gasteiger charge is -2.33. The van der Waals surface area contributed by atoms with Crippen LogP contribution in [0.4, 0.5) is 0 Å². The number of rotatable bonds is 3. The third-order valence-corrected chi connectivity index (χ3v) is 5.18. The number of nitrogens with two attached hydrogens (primary N) is 1. The van der Waals surface area contributed by atoms with Gasteiger partial charge in [-0.1, -0.05) is 13.8 Å². The van der Waals surface area contributed by atoms with E-state index in [0.717, 1.165) is 37.3 Å². The number of ether oxygens (including phenoxy) is 1. The second-order valence-electron chi connectivity index (χ2n) is 7.06. The van der Waals surface area contributed by atoms with E-state index in [1.165, 1.54) is 5.69 Å².